The van der Waals surface area contributed by atoms with E-state index in [4.69, 9.17) is 22.1 Å². The minimum atomic E-state index is -4.75. The van der Waals surface area contributed by atoms with E-state index in [0.29, 0.717) is 31.7 Å². The lowest BCUT2D eigenvalue weighted by molar-refractivity contribution is -0.142. The molecular formula is C19H22BrClF3N5O2. The molecule has 2 heterocycles. The lowest BCUT2D eigenvalue weighted by atomic mass is 10.1. The van der Waals surface area contributed by atoms with Gasteiger partial charge in [0.2, 0.25) is 0 Å². The highest BCUT2D eigenvalue weighted by atomic mass is 79.9. The Morgan fingerprint density at radius 2 is 2.13 bits per heavy atom. The molecule has 0 bridgehead atoms. The summed E-state index contributed by atoms with van der Waals surface area (Å²) in [5.74, 6) is 0.691. The zero-order valence-corrected chi connectivity index (χ0v) is 19.2. The first-order valence-corrected chi connectivity index (χ1v) is 10.6. The monoisotopic (exact) mass is 523 g/mol. The number of halogens is 5. The van der Waals surface area contributed by atoms with Gasteiger partial charge in [-0.2, -0.15) is 18.3 Å². The summed E-state index contributed by atoms with van der Waals surface area (Å²) in [5.41, 5.74) is 5.30. The predicted molar refractivity (Wildman–Crippen MR) is 114 cm³/mol. The Labute approximate surface area is 191 Å². The molecule has 31 heavy (non-hydrogen) atoms. The summed E-state index contributed by atoms with van der Waals surface area (Å²) in [5, 5.41) is 3.04. The standard InChI is InChI=1S/C19H22BrClF3N5O2/c1-11-9-27(12-3-4-13(20)15(7-12)31-2)5-6-28(11)16(10-30)29-14(8-25)17(21)18(26-29)19(22,23)24/h3-4,7,10-11,16H,5-6,8-9,25H2,1-2H3. The number of hydrogen-bond acceptors (Lipinski definition) is 6. The van der Waals surface area contributed by atoms with Crippen molar-refractivity contribution in [1.82, 2.24) is 14.7 Å². The van der Waals surface area contributed by atoms with Gasteiger partial charge in [0.05, 0.1) is 22.3 Å². The largest absolute Gasteiger partial charge is 0.495 e. The van der Waals surface area contributed by atoms with Gasteiger partial charge < -0.3 is 15.4 Å². The molecule has 1 saturated heterocycles. The van der Waals surface area contributed by atoms with Crippen molar-refractivity contribution in [3.63, 3.8) is 0 Å². The van der Waals surface area contributed by atoms with E-state index in [-0.39, 0.29) is 18.3 Å². The molecular weight excluding hydrogens is 503 g/mol. The number of carbonyl (C=O) groups excluding carboxylic acids is 1. The van der Waals surface area contributed by atoms with E-state index in [1.54, 1.807) is 12.0 Å². The summed E-state index contributed by atoms with van der Waals surface area (Å²) in [7, 11) is 1.58. The van der Waals surface area contributed by atoms with E-state index >= 15 is 0 Å². The van der Waals surface area contributed by atoms with Crippen LogP contribution in [0.4, 0.5) is 18.9 Å². The summed E-state index contributed by atoms with van der Waals surface area (Å²) in [6.07, 6.45) is -5.23. The Morgan fingerprint density at radius 1 is 1.42 bits per heavy atom. The van der Waals surface area contributed by atoms with E-state index in [2.05, 4.69) is 25.9 Å². The number of piperazine rings is 1. The van der Waals surface area contributed by atoms with E-state index in [1.165, 1.54) is 0 Å². The molecule has 0 spiro atoms. The molecule has 1 aromatic heterocycles. The minimum absolute atomic E-state index is 0.0293. The molecule has 1 fully saturated rings. The molecule has 0 aliphatic carbocycles. The van der Waals surface area contributed by atoms with Crippen molar-refractivity contribution >= 4 is 39.5 Å². The summed E-state index contributed by atoms with van der Waals surface area (Å²) < 4.78 is 47.0. The Morgan fingerprint density at radius 3 is 2.68 bits per heavy atom. The van der Waals surface area contributed by atoms with Crippen LogP contribution >= 0.6 is 27.5 Å². The number of alkyl halides is 3. The zero-order chi connectivity index (χ0) is 22.9. The van der Waals surface area contributed by atoms with Gasteiger partial charge in [-0.25, -0.2) is 4.68 Å². The molecule has 12 heteroatoms. The number of rotatable bonds is 6. The van der Waals surface area contributed by atoms with Gasteiger partial charge in [-0.3, -0.25) is 9.69 Å². The number of aromatic nitrogens is 2. The van der Waals surface area contributed by atoms with Gasteiger partial charge in [-0.15, -0.1) is 0 Å². The fourth-order valence-electron chi connectivity index (χ4n) is 3.75. The Hall–Kier alpha value is -1.82. The van der Waals surface area contributed by atoms with Crippen molar-refractivity contribution in [2.24, 2.45) is 5.73 Å². The number of hydrogen-bond donors (Lipinski definition) is 1. The highest BCUT2D eigenvalue weighted by Crippen LogP contribution is 2.37. The van der Waals surface area contributed by atoms with Crippen LogP contribution in [0.25, 0.3) is 0 Å². The number of nitrogens with two attached hydrogens (primary N) is 1. The van der Waals surface area contributed by atoms with Gasteiger partial charge in [0, 0.05) is 44.0 Å². The van der Waals surface area contributed by atoms with Crippen LogP contribution in [-0.4, -0.2) is 53.8 Å². The fourth-order valence-corrected chi connectivity index (χ4v) is 4.47. The first-order valence-electron chi connectivity index (χ1n) is 9.46. The number of ether oxygens (including phenoxy) is 1. The maximum atomic E-state index is 13.3. The molecule has 2 atom stereocenters. The minimum Gasteiger partial charge on any atom is -0.495 e. The number of carbonyl (C=O) groups is 1. The molecule has 1 aliphatic rings. The molecule has 0 saturated carbocycles. The number of nitrogens with zero attached hydrogens (tertiary/aromatic N) is 4. The number of benzene rings is 1. The second-order valence-electron chi connectivity index (χ2n) is 7.16. The zero-order valence-electron chi connectivity index (χ0n) is 16.9. The van der Waals surface area contributed by atoms with Gasteiger partial charge in [-0.1, -0.05) is 11.6 Å². The molecule has 170 valence electrons. The van der Waals surface area contributed by atoms with E-state index < -0.39 is 23.1 Å². The third-order valence-electron chi connectivity index (χ3n) is 5.30. The molecule has 1 aromatic carbocycles. The van der Waals surface area contributed by atoms with Crippen LogP contribution in [0.2, 0.25) is 5.02 Å². The van der Waals surface area contributed by atoms with Gasteiger partial charge in [0.25, 0.3) is 0 Å². The summed E-state index contributed by atoms with van der Waals surface area (Å²) in [4.78, 5) is 15.9. The number of methoxy groups -OCH3 is 1. The molecule has 1 aliphatic heterocycles. The topological polar surface area (TPSA) is 76.6 Å². The maximum absolute atomic E-state index is 13.3. The lowest BCUT2D eigenvalue weighted by Gasteiger charge is -2.43. The van der Waals surface area contributed by atoms with Crippen molar-refractivity contribution in [2.75, 3.05) is 31.6 Å². The number of aldehydes is 1. The molecule has 0 radical (unpaired) electrons. The first kappa shape index (κ1) is 23.8. The Bertz CT molecular complexity index is 955. The van der Waals surface area contributed by atoms with Gasteiger partial charge in [0.15, 0.2) is 18.1 Å². The van der Waals surface area contributed by atoms with Crippen LogP contribution in [0.1, 0.15) is 24.5 Å². The van der Waals surface area contributed by atoms with Crippen LogP contribution < -0.4 is 15.4 Å². The summed E-state index contributed by atoms with van der Waals surface area (Å²) >= 11 is 9.32. The fraction of sp³-hybridized carbons (Fsp3) is 0.474. The average Bonchev–Trinajstić information content (AvgIpc) is 3.06. The maximum Gasteiger partial charge on any atom is 0.436 e. The summed E-state index contributed by atoms with van der Waals surface area (Å²) in [6, 6.07) is 5.57. The second kappa shape index (κ2) is 9.35. The SMILES string of the molecule is COc1cc(N2CCN(C(C=O)n3nc(C(F)(F)F)c(Cl)c3CN)C(C)C2)ccc1Br. The smallest absolute Gasteiger partial charge is 0.436 e. The predicted octanol–water partition coefficient (Wildman–Crippen LogP) is 3.69. The highest BCUT2D eigenvalue weighted by molar-refractivity contribution is 9.10. The van der Waals surface area contributed by atoms with Gasteiger partial charge in [0.1, 0.15) is 5.75 Å². The third kappa shape index (κ3) is 4.69. The van der Waals surface area contributed by atoms with Crippen molar-refractivity contribution in [3.8, 4) is 5.75 Å². The van der Waals surface area contributed by atoms with Crippen LogP contribution in [0.3, 0.4) is 0 Å². The molecule has 3 rings (SSSR count). The number of anilines is 1. The van der Waals surface area contributed by atoms with E-state index in [1.807, 2.05) is 25.1 Å². The molecule has 2 N–H and O–H groups in total. The third-order valence-corrected chi connectivity index (χ3v) is 6.35. The van der Waals surface area contributed by atoms with Crippen LogP contribution in [-0.2, 0) is 17.5 Å². The van der Waals surface area contributed by atoms with Gasteiger partial charge in [-0.05, 0) is 35.0 Å². The second-order valence-corrected chi connectivity index (χ2v) is 8.39. The molecule has 2 unspecified atom stereocenters. The van der Waals surface area contributed by atoms with Crippen molar-refractivity contribution in [3.05, 3.63) is 39.1 Å². The first-order chi connectivity index (χ1) is 14.6. The van der Waals surface area contributed by atoms with Gasteiger partial charge >= 0.3 is 6.18 Å². The van der Waals surface area contributed by atoms with Crippen molar-refractivity contribution in [1.29, 1.82) is 0 Å². The van der Waals surface area contributed by atoms with Crippen molar-refractivity contribution in [2.45, 2.75) is 31.9 Å². The average molecular weight is 525 g/mol. The Balaban J connectivity index is 1.86. The van der Waals surface area contributed by atoms with Crippen LogP contribution in [0.5, 0.6) is 5.75 Å². The quantitative estimate of drug-likeness (QED) is 0.581. The molecule has 7 nitrogen and oxygen atoms in total. The summed E-state index contributed by atoms with van der Waals surface area (Å²) in [6.45, 7) is 3.15. The van der Waals surface area contributed by atoms with E-state index in [0.717, 1.165) is 14.8 Å². The molecule has 0 amide bonds. The molecule has 2 aromatic rings. The highest BCUT2D eigenvalue weighted by Gasteiger charge is 2.41. The van der Waals surface area contributed by atoms with Crippen LogP contribution in [0, 0.1) is 0 Å². The van der Waals surface area contributed by atoms with E-state index in [9.17, 15) is 18.0 Å². The lowest BCUT2D eigenvalue weighted by Crippen LogP contribution is -2.54. The normalized spacial score (nSPS) is 18.8. The van der Waals surface area contributed by atoms with Crippen LogP contribution in [0.15, 0.2) is 22.7 Å². The van der Waals surface area contributed by atoms with Crippen molar-refractivity contribution < 1.29 is 22.7 Å². The Kier molecular flexibility index (Phi) is 7.19.